The van der Waals surface area contributed by atoms with Gasteiger partial charge in [-0.2, -0.15) is 0 Å². The molecule has 10 heteroatoms. The van der Waals surface area contributed by atoms with Crippen molar-refractivity contribution < 1.29 is 22.7 Å². The van der Waals surface area contributed by atoms with E-state index in [0.29, 0.717) is 38.7 Å². The average Bonchev–Trinajstić information content (AvgIpc) is 2.72. The van der Waals surface area contributed by atoms with Crippen LogP contribution < -0.4 is 10.5 Å². The van der Waals surface area contributed by atoms with Crippen LogP contribution in [0.1, 0.15) is 32.8 Å². The van der Waals surface area contributed by atoms with Gasteiger partial charge in [0.15, 0.2) is 17.5 Å². The molecule has 0 aliphatic carbocycles. The van der Waals surface area contributed by atoms with Crippen LogP contribution in [0.15, 0.2) is 29.3 Å². The highest BCUT2D eigenvalue weighted by atomic mass is 19.2. The number of carbonyl (C=O) groups is 1. The van der Waals surface area contributed by atoms with E-state index in [4.69, 9.17) is 4.74 Å². The summed E-state index contributed by atoms with van der Waals surface area (Å²) in [6, 6.07) is 1.37. The number of halogens is 3. The summed E-state index contributed by atoms with van der Waals surface area (Å²) in [6.45, 7) is 7.36. The number of amides is 1. The first-order chi connectivity index (χ1) is 15.0. The number of hydrogen-bond donors (Lipinski definition) is 0. The highest BCUT2D eigenvalue weighted by Gasteiger charge is 2.27. The lowest BCUT2D eigenvalue weighted by atomic mass is 10.1. The average molecular weight is 452 g/mol. The number of aryl methyl sites for hydroxylation is 2. The van der Waals surface area contributed by atoms with Crippen molar-refractivity contribution >= 4 is 11.9 Å². The summed E-state index contributed by atoms with van der Waals surface area (Å²) >= 11 is 0. The van der Waals surface area contributed by atoms with E-state index in [-0.39, 0.29) is 36.0 Å². The number of rotatable bonds is 5. The van der Waals surface area contributed by atoms with Crippen molar-refractivity contribution in [3.8, 4) is 0 Å². The molecule has 32 heavy (non-hydrogen) atoms. The minimum absolute atomic E-state index is 0.0597. The molecule has 1 aliphatic heterocycles. The van der Waals surface area contributed by atoms with Crippen molar-refractivity contribution in [2.24, 2.45) is 0 Å². The Kier molecular flexibility index (Phi) is 7.10. The number of carbonyl (C=O) groups excluding carboxylic acids is 1. The largest absolute Gasteiger partial charge is 0.444 e. The molecule has 1 saturated heterocycles. The Labute approximate surface area is 184 Å². The SMILES string of the molecule is CC(C)(C)OC(=O)N1CCN(c2nccn(CCCc3cc(F)c(F)cc3F)c2=O)CC1. The Morgan fingerprint density at radius 2 is 1.72 bits per heavy atom. The van der Waals surface area contributed by atoms with E-state index < -0.39 is 23.1 Å². The Hall–Kier alpha value is -3.04. The summed E-state index contributed by atoms with van der Waals surface area (Å²) in [7, 11) is 0. The van der Waals surface area contributed by atoms with Gasteiger partial charge in [-0.05, 0) is 45.2 Å². The van der Waals surface area contributed by atoms with Crippen LogP contribution in [0.5, 0.6) is 0 Å². The molecule has 0 N–H and O–H groups in total. The lowest BCUT2D eigenvalue weighted by Crippen LogP contribution is -2.51. The molecule has 1 aromatic carbocycles. The Morgan fingerprint density at radius 1 is 1.06 bits per heavy atom. The van der Waals surface area contributed by atoms with Crippen LogP contribution in [-0.2, 0) is 17.7 Å². The van der Waals surface area contributed by atoms with Gasteiger partial charge in [0, 0.05) is 51.2 Å². The van der Waals surface area contributed by atoms with Crippen LogP contribution in [-0.4, -0.2) is 52.3 Å². The molecular weight excluding hydrogens is 425 g/mol. The highest BCUT2D eigenvalue weighted by Crippen LogP contribution is 2.16. The van der Waals surface area contributed by atoms with Gasteiger partial charge < -0.3 is 19.1 Å². The molecule has 2 heterocycles. The number of piperazine rings is 1. The second kappa shape index (κ2) is 9.62. The smallest absolute Gasteiger partial charge is 0.410 e. The molecule has 7 nitrogen and oxygen atoms in total. The number of hydrogen-bond acceptors (Lipinski definition) is 5. The van der Waals surface area contributed by atoms with Gasteiger partial charge in [0.05, 0.1) is 0 Å². The summed E-state index contributed by atoms with van der Waals surface area (Å²) in [4.78, 5) is 32.7. The molecule has 0 bridgehead atoms. The number of benzene rings is 1. The van der Waals surface area contributed by atoms with Crippen molar-refractivity contribution in [2.75, 3.05) is 31.1 Å². The van der Waals surface area contributed by atoms with Crippen LogP contribution in [0, 0.1) is 17.5 Å². The van der Waals surface area contributed by atoms with Gasteiger partial charge in [0.2, 0.25) is 0 Å². The summed E-state index contributed by atoms with van der Waals surface area (Å²) in [6.07, 6.45) is 3.17. The molecule has 1 aliphatic rings. The minimum atomic E-state index is -1.23. The number of nitrogens with zero attached hydrogens (tertiary/aromatic N) is 4. The third-order valence-electron chi connectivity index (χ3n) is 5.06. The molecule has 1 amide bonds. The summed E-state index contributed by atoms with van der Waals surface area (Å²) in [5.41, 5.74) is -0.820. The predicted molar refractivity (Wildman–Crippen MR) is 113 cm³/mol. The van der Waals surface area contributed by atoms with E-state index in [1.807, 2.05) is 4.90 Å². The molecule has 3 rings (SSSR count). The quantitative estimate of drug-likeness (QED) is 0.651. The van der Waals surface area contributed by atoms with E-state index in [1.54, 1.807) is 25.7 Å². The highest BCUT2D eigenvalue weighted by molar-refractivity contribution is 5.68. The zero-order valence-corrected chi connectivity index (χ0v) is 18.4. The molecule has 0 radical (unpaired) electrons. The van der Waals surface area contributed by atoms with E-state index in [9.17, 15) is 22.8 Å². The second-order valence-corrected chi connectivity index (χ2v) is 8.67. The van der Waals surface area contributed by atoms with Gasteiger partial charge in [-0.15, -0.1) is 0 Å². The molecule has 1 aromatic heterocycles. The van der Waals surface area contributed by atoms with E-state index >= 15 is 0 Å². The van der Waals surface area contributed by atoms with E-state index in [0.717, 1.165) is 6.07 Å². The molecule has 0 atom stereocenters. The fourth-order valence-corrected chi connectivity index (χ4v) is 3.45. The maximum Gasteiger partial charge on any atom is 0.410 e. The molecule has 0 saturated carbocycles. The molecule has 1 fully saturated rings. The van der Waals surface area contributed by atoms with E-state index in [1.165, 1.54) is 17.0 Å². The standard InChI is InChI=1S/C22H27F3N4O3/c1-22(2,3)32-21(31)29-11-9-27(10-12-29)19-20(30)28(8-6-26-19)7-4-5-15-13-17(24)18(25)14-16(15)23/h6,8,13-14H,4-5,7,9-12H2,1-3H3. The van der Waals surface area contributed by atoms with Gasteiger partial charge in [0.1, 0.15) is 11.4 Å². The fourth-order valence-electron chi connectivity index (χ4n) is 3.45. The van der Waals surface area contributed by atoms with Crippen LogP contribution in [0.25, 0.3) is 0 Å². The molecular formula is C22H27F3N4O3. The Balaban J connectivity index is 1.60. The topological polar surface area (TPSA) is 67.7 Å². The van der Waals surface area contributed by atoms with Crippen LogP contribution in [0.3, 0.4) is 0 Å². The van der Waals surface area contributed by atoms with Crippen molar-refractivity contribution in [2.45, 2.75) is 45.8 Å². The normalized spacial score (nSPS) is 14.6. The fraction of sp³-hybridized carbons (Fsp3) is 0.500. The first-order valence-electron chi connectivity index (χ1n) is 10.5. The zero-order valence-electron chi connectivity index (χ0n) is 18.4. The molecule has 0 unspecified atom stereocenters. The van der Waals surface area contributed by atoms with Crippen molar-refractivity contribution in [1.29, 1.82) is 0 Å². The monoisotopic (exact) mass is 452 g/mol. The lowest BCUT2D eigenvalue weighted by Gasteiger charge is -2.35. The predicted octanol–water partition coefficient (Wildman–Crippen LogP) is 3.35. The summed E-state index contributed by atoms with van der Waals surface area (Å²) in [5.74, 6) is -2.87. The van der Waals surface area contributed by atoms with Crippen molar-refractivity contribution in [3.63, 3.8) is 0 Å². The number of ether oxygens (including phenoxy) is 1. The van der Waals surface area contributed by atoms with Crippen LogP contribution in [0.4, 0.5) is 23.8 Å². The summed E-state index contributed by atoms with van der Waals surface area (Å²) in [5, 5.41) is 0. The van der Waals surface area contributed by atoms with Crippen LogP contribution >= 0.6 is 0 Å². The Morgan fingerprint density at radius 3 is 2.38 bits per heavy atom. The van der Waals surface area contributed by atoms with E-state index in [2.05, 4.69) is 4.98 Å². The molecule has 2 aromatic rings. The third-order valence-corrected chi connectivity index (χ3v) is 5.06. The second-order valence-electron chi connectivity index (χ2n) is 8.67. The minimum Gasteiger partial charge on any atom is -0.444 e. The first-order valence-corrected chi connectivity index (χ1v) is 10.5. The molecule has 174 valence electrons. The Bertz CT molecular complexity index is 1030. The third kappa shape index (κ3) is 5.80. The number of aromatic nitrogens is 2. The summed E-state index contributed by atoms with van der Waals surface area (Å²) < 4.78 is 47.0. The van der Waals surface area contributed by atoms with Crippen LogP contribution in [0.2, 0.25) is 0 Å². The van der Waals surface area contributed by atoms with Gasteiger partial charge in [0.25, 0.3) is 5.56 Å². The molecule has 0 spiro atoms. The maximum atomic E-state index is 13.8. The van der Waals surface area contributed by atoms with Crippen molar-refractivity contribution in [3.05, 3.63) is 57.9 Å². The van der Waals surface area contributed by atoms with Crippen molar-refractivity contribution in [1.82, 2.24) is 14.5 Å². The van der Waals surface area contributed by atoms with Gasteiger partial charge in [-0.3, -0.25) is 4.79 Å². The zero-order chi connectivity index (χ0) is 23.5. The first kappa shape index (κ1) is 23.6. The van der Waals surface area contributed by atoms with Gasteiger partial charge in [-0.25, -0.2) is 22.9 Å². The van der Waals surface area contributed by atoms with Gasteiger partial charge in [-0.1, -0.05) is 0 Å². The maximum absolute atomic E-state index is 13.8. The van der Waals surface area contributed by atoms with Gasteiger partial charge >= 0.3 is 6.09 Å². The number of anilines is 1. The lowest BCUT2D eigenvalue weighted by molar-refractivity contribution is 0.0240.